The lowest BCUT2D eigenvalue weighted by atomic mass is 9.62. The average molecular weight is 593 g/mol. The van der Waals surface area contributed by atoms with E-state index in [2.05, 4.69) is 160 Å². The lowest BCUT2D eigenvalue weighted by Gasteiger charge is -2.42. The van der Waals surface area contributed by atoms with Crippen LogP contribution in [0, 0.1) is 28.6 Å². The van der Waals surface area contributed by atoms with Crippen molar-refractivity contribution >= 4 is 17.3 Å². The second kappa shape index (κ2) is 13.2. The van der Waals surface area contributed by atoms with Gasteiger partial charge in [-0.25, -0.2) is 0 Å². The highest BCUT2D eigenvalue weighted by molar-refractivity contribution is 8.07. The average Bonchev–Trinajstić information content (AvgIpc) is 3.52. The van der Waals surface area contributed by atoms with Gasteiger partial charge in [-0.2, -0.15) is 0 Å². The van der Waals surface area contributed by atoms with Crippen LogP contribution in [0.4, 0.5) is 0 Å². The van der Waals surface area contributed by atoms with E-state index in [9.17, 15) is 0 Å². The second-order valence-electron chi connectivity index (χ2n) is 14.7. The zero-order chi connectivity index (χ0) is 31.6. The van der Waals surface area contributed by atoms with Crippen molar-refractivity contribution in [2.75, 3.05) is 0 Å². The summed E-state index contributed by atoms with van der Waals surface area (Å²) in [5.41, 5.74) is 9.63. The number of hydrogen-bond acceptors (Lipinski definition) is 1. The molecule has 2 aliphatic carbocycles. The third kappa shape index (κ3) is 6.63. The van der Waals surface area contributed by atoms with Crippen LogP contribution in [0.2, 0.25) is 0 Å². The Labute approximate surface area is 268 Å². The third-order valence-electron chi connectivity index (χ3n) is 11.4. The predicted molar refractivity (Wildman–Crippen MR) is 193 cm³/mol. The van der Waals surface area contributed by atoms with Crippen LogP contribution >= 0.6 is 11.8 Å². The monoisotopic (exact) mass is 592 g/mol. The zero-order valence-corrected chi connectivity index (χ0v) is 29.5. The first-order chi connectivity index (χ1) is 20.3. The number of benzene rings is 2. The summed E-state index contributed by atoms with van der Waals surface area (Å²) in [7, 11) is 0. The Kier molecular flexibility index (Phi) is 10.3. The van der Waals surface area contributed by atoms with Crippen LogP contribution in [-0.4, -0.2) is 0 Å². The Bertz CT molecular complexity index is 1430. The minimum Gasteiger partial charge on any atom is -0.0991 e. The molecule has 1 aliphatic heterocycles. The van der Waals surface area contributed by atoms with Gasteiger partial charge in [0.15, 0.2) is 0 Å². The minimum absolute atomic E-state index is 0.185. The fourth-order valence-electron chi connectivity index (χ4n) is 7.17. The van der Waals surface area contributed by atoms with E-state index >= 15 is 0 Å². The van der Waals surface area contributed by atoms with Gasteiger partial charge < -0.3 is 0 Å². The molecule has 43 heavy (non-hydrogen) atoms. The normalized spacial score (nSPS) is 24.8. The first-order valence-corrected chi connectivity index (χ1v) is 17.4. The lowest BCUT2D eigenvalue weighted by Crippen LogP contribution is -2.32. The first-order valence-electron chi connectivity index (χ1n) is 16.6. The molecule has 0 aromatic heterocycles. The van der Waals surface area contributed by atoms with Crippen molar-refractivity contribution in [2.45, 2.75) is 100 Å². The molecule has 3 aliphatic rings. The molecule has 5 rings (SSSR count). The number of hydrogen-bond donors (Lipinski definition) is 0. The van der Waals surface area contributed by atoms with Crippen molar-refractivity contribution < 1.29 is 0 Å². The smallest absolute Gasteiger partial charge is 0.0195 e. The van der Waals surface area contributed by atoms with Crippen molar-refractivity contribution in [2.24, 2.45) is 28.6 Å². The van der Waals surface area contributed by atoms with E-state index < -0.39 is 0 Å². The number of allylic oxidation sites excluding steroid dienone is 8. The SMILES string of the molecule is C=C/C=C1\Cc2ccccc2C1(C)C.CCC(C)(/C=C1\CC2=C(S1)C(c1ccccc1)=CCC2(C)C(C)C(C)C)C(C)C. The van der Waals surface area contributed by atoms with Gasteiger partial charge in [0.2, 0.25) is 0 Å². The summed E-state index contributed by atoms with van der Waals surface area (Å²) in [5.74, 6) is 2.02. The van der Waals surface area contributed by atoms with Gasteiger partial charge >= 0.3 is 0 Å². The number of rotatable bonds is 7. The van der Waals surface area contributed by atoms with Crippen LogP contribution in [0.25, 0.3) is 5.57 Å². The molecule has 0 saturated heterocycles. The zero-order valence-electron chi connectivity index (χ0n) is 28.7. The van der Waals surface area contributed by atoms with Gasteiger partial charge in [-0.3, -0.25) is 0 Å². The molecule has 0 saturated carbocycles. The summed E-state index contributed by atoms with van der Waals surface area (Å²) in [5, 5.41) is 0. The summed E-state index contributed by atoms with van der Waals surface area (Å²) in [6.45, 7) is 27.6. The minimum atomic E-state index is 0.185. The summed E-state index contributed by atoms with van der Waals surface area (Å²) in [6.07, 6.45) is 13.8. The fraction of sp³-hybridized carbons (Fsp3) is 0.476. The van der Waals surface area contributed by atoms with Crippen molar-refractivity contribution in [3.63, 3.8) is 0 Å². The van der Waals surface area contributed by atoms with Gasteiger partial charge in [0.25, 0.3) is 0 Å². The summed E-state index contributed by atoms with van der Waals surface area (Å²) >= 11 is 2.06. The van der Waals surface area contributed by atoms with Crippen LogP contribution in [0.1, 0.15) is 105 Å². The Morgan fingerprint density at radius 2 is 1.58 bits per heavy atom. The van der Waals surface area contributed by atoms with E-state index in [0.717, 1.165) is 19.3 Å². The first kappa shape index (κ1) is 33.4. The lowest BCUT2D eigenvalue weighted by molar-refractivity contribution is 0.193. The van der Waals surface area contributed by atoms with Crippen LogP contribution in [0.15, 0.2) is 106 Å². The van der Waals surface area contributed by atoms with E-state index in [0.29, 0.717) is 17.8 Å². The van der Waals surface area contributed by atoms with Crippen LogP contribution in [0.3, 0.4) is 0 Å². The van der Waals surface area contributed by atoms with Crippen LogP contribution in [0.5, 0.6) is 0 Å². The van der Waals surface area contributed by atoms with E-state index in [-0.39, 0.29) is 16.2 Å². The molecule has 0 spiro atoms. The molecule has 2 aromatic carbocycles. The molecule has 1 heterocycles. The number of thioether (sulfide) groups is 1. The van der Waals surface area contributed by atoms with Gasteiger partial charge in [0.1, 0.15) is 0 Å². The third-order valence-corrected chi connectivity index (χ3v) is 12.6. The molecule has 0 nitrogen and oxygen atoms in total. The summed E-state index contributed by atoms with van der Waals surface area (Å²) in [6, 6.07) is 19.7. The molecule has 0 N–H and O–H groups in total. The van der Waals surface area contributed by atoms with Gasteiger partial charge in [-0.15, -0.1) is 0 Å². The Hall–Kier alpha value is -2.51. The van der Waals surface area contributed by atoms with Crippen molar-refractivity contribution in [3.8, 4) is 0 Å². The van der Waals surface area contributed by atoms with Gasteiger partial charge in [-0.1, -0.05) is 172 Å². The Morgan fingerprint density at radius 1 is 0.930 bits per heavy atom. The fourth-order valence-corrected chi connectivity index (χ4v) is 8.72. The molecule has 0 amide bonds. The topological polar surface area (TPSA) is 0 Å². The highest BCUT2D eigenvalue weighted by atomic mass is 32.2. The Morgan fingerprint density at radius 3 is 2.16 bits per heavy atom. The van der Waals surface area contributed by atoms with Gasteiger partial charge in [0.05, 0.1) is 0 Å². The molecule has 3 unspecified atom stereocenters. The molecule has 0 fully saturated rings. The predicted octanol–water partition coefficient (Wildman–Crippen LogP) is 12.8. The summed E-state index contributed by atoms with van der Waals surface area (Å²) < 4.78 is 0. The largest absolute Gasteiger partial charge is 0.0991 e. The van der Waals surface area contributed by atoms with Gasteiger partial charge in [-0.05, 0) is 80.6 Å². The van der Waals surface area contributed by atoms with E-state index in [1.807, 2.05) is 6.08 Å². The molecule has 2 aromatic rings. The quantitative estimate of drug-likeness (QED) is 0.308. The maximum atomic E-state index is 3.78. The van der Waals surface area contributed by atoms with E-state index in [4.69, 9.17) is 0 Å². The highest BCUT2D eigenvalue weighted by Crippen LogP contribution is 2.60. The molecule has 0 radical (unpaired) electrons. The van der Waals surface area contributed by atoms with Crippen LogP contribution in [-0.2, 0) is 11.8 Å². The standard InChI is InChI=1S/C28H40S.C14H16/c1-9-27(7,20(4)5)18-23-17-25-26(29-23)24(22-13-11-10-12-14-22)15-16-28(25,8)21(6)19(2)3;1-4-7-12-10-11-8-5-6-9-13(11)14(12,2)3/h10-15,18-21H,9,16-17H2,1-8H3;4-9H,1,10H2,2-3H3/b23-18+;12-7+. The molecule has 230 valence electrons. The highest BCUT2D eigenvalue weighted by Gasteiger charge is 2.44. The van der Waals surface area contributed by atoms with Crippen molar-refractivity contribution in [1.29, 1.82) is 0 Å². The molecule has 1 heteroatoms. The van der Waals surface area contributed by atoms with Crippen molar-refractivity contribution in [3.05, 3.63) is 123 Å². The molecule has 3 atom stereocenters. The second-order valence-corrected chi connectivity index (χ2v) is 15.9. The molecule has 0 bridgehead atoms. The maximum absolute atomic E-state index is 3.78. The maximum Gasteiger partial charge on any atom is 0.0195 e. The van der Waals surface area contributed by atoms with E-state index in [1.165, 1.54) is 34.3 Å². The summed E-state index contributed by atoms with van der Waals surface area (Å²) in [4.78, 5) is 3.12. The van der Waals surface area contributed by atoms with E-state index in [1.54, 1.807) is 15.4 Å². The van der Waals surface area contributed by atoms with Crippen LogP contribution < -0.4 is 0 Å². The van der Waals surface area contributed by atoms with Crippen molar-refractivity contribution in [1.82, 2.24) is 0 Å². The molecular formula is C42H56S. The number of fused-ring (bicyclic) bond motifs is 1. The Balaban J connectivity index is 0.000000251. The molecular weight excluding hydrogens is 537 g/mol. The van der Waals surface area contributed by atoms with Gasteiger partial charge in [0, 0.05) is 16.7 Å².